The second-order valence-corrected chi connectivity index (χ2v) is 4.62. The largest absolute Gasteiger partial charge is 0.496 e. The first kappa shape index (κ1) is 12.4. The molecule has 2 aromatic rings. The summed E-state index contributed by atoms with van der Waals surface area (Å²) in [4.78, 5) is 8.96. The predicted molar refractivity (Wildman–Crippen MR) is 72.4 cm³/mol. The number of halogens is 1. The Hall–Kier alpha value is -1.65. The summed E-state index contributed by atoms with van der Waals surface area (Å²) in [6.07, 6.45) is 0.764. The minimum atomic E-state index is 0.464. The fourth-order valence-electron chi connectivity index (χ4n) is 2.14. The smallest absolute Gasteiger partial charge is 0.164 e. The second kappa shape index (κ2) is 5.15. The number of nitrogens with zero attached hydrogens (tertiary/aromatic N) is 2. The third-order valence-corrected chi connectivity index (χ3v) is 3.43. The zero-order chi connectivity index (χ0) is 13.2. The van der Waals surface area contributed by atoms with Crippen molar-refractivity contribution in [2.75, 3.05) is 13.7 Å². The minimum absolute atomic E-state index is 0.464. The molecule has 98 valence electrons. The summed E-state index contributed by atoms with van der Waals surface area (Å²) in [5, 5.41) is 0.464. The number of ether oxygens (including phenoxy) is 2. The molecular formula is C14H13ClN2O2. The van der Waals surface area contributed by atoms with Gasteiger partial charge in [-0.05, 0) is 12.1 Å². The number of benzene rings is 1. The maximum Gasteiger partial charge on any atom is 0.164 e. The summed E-state index contributed by atoms with van der Waals surface area (Å²) in [5.41, 5.74) is 2.71. The van der Waals surface area contributed by atoms with Gasteiger partial charge in [0.2, 0.25) is 0 Å². The average Bonchev–Trinajstić information content (AvgIpc) is 2.47. The summed E-state index contributed by atoms with van der Waals surface area (Å²) in [6, 6.07) is 7.65. The lowest BCUT2D eigenvalue weighted by molar-refractivity contribution is 0.109. The number of hydrogen-bond donors (Lipinski definition) is 0. The van der Waals surface area contributed by atoms with Crippen LogP contribution in [0, 0.1) is 0 Å². The number of hydrogen-bond acceptors (Lipinski definition) is 4. The Morgan fingerprint density at radius 2 is 2.11 bits per heavy atom. The van der Waals surface area contributed by atoms with Crippen LogP contribution in [0.1, 0.15) is 11.3 Å². The molecule has 0 saturated carbocycles. The zero-order valence-corrected chi connectivity index (χ0v) is 11.3. The fraction of sp³-hybridized carbons (Fsp3) is 0.286. The van der Waals surface area contributed by atoms with Crippen molar-refractivity contribution in [3.8, 4) is 17.1 Å². The van der Waals surface area contributed by atoms with Gasteiger partial charge in [0.05, 0.1) is 31.6 Å². The molecule has 0 spiro atoms. The number of rotatable bonds is 2. The maximum absolute atomic E-state index is 6.22. The molecule has 19 heavy (non-hydrogen) atoms. The van der Waals surface area contributed by atoms with Crippen molar-refractivity contribution in [1.82, 2.24) is 9.97 Å². The fourth-order valence-corrected chi connectivity index (χ4v) is 2.39. The first-order valence-electron chi connectivity index (χ1n) is 6.06. The molecule has 1 aromatic carbocycles. The van der Waals surface area contributed by atoms with Gasteiger partial charge in [-0.1, -0.05) is 23.7 Å². The van der Waals surface area contributed by atoms with E-state index in [1.165, 1.54) is 0 Å². The summed E-state index contributed by atoms with van der Waals surface area (Å²) >= 11 is 6.22. The van der Waals surface area contributed by atoms with E-state index >= 15 is 0 Å². The van der Waals surface area contributed by atoms with Crippen LogP contribution in [-0.4, -0.2) is 23.7 Å². The highest BCUT2D eigenvalue weighted by Crippen LogP contribution is 2.30. The lowest BCUT2D eigenvalue weighted by Gasteiger charge is -2.17. The molecule has 4 nitrogen and oxygen atoms in total. The number of aromatic nitrogens is 2. The van der Waals surface area contributed by atoms with E-state index in [1.54, 1.807) is 7.11 Å². The van der Waals surface area contributed by atoms with Gasteiger partial charge in [-0.3, -0.25) is 0 Å². The molecule has 0 aliphatic carbocycles. The van der Waals surface area contributed by atoms with Crippen LogP contribution in [-0.2, 0) is 17.8 Å². The predicted octanol–water partition coefficient (Wildman–Crippen LogP) is 2.88. The Bertz CT molecular complexity index is 616. The van der Waals surface area contributed by atoms with Crippen molar-refractivity contribution in [2.45, 2.75) is 13.0 Å². The molecule has 3 rings (SSSR count). The molecule has 1 aromatic heterocycles. The Morgan fingerprint density at radius 1 is 1.26 bits per heavy atom. The van der Waals surface area contributed by atoms with Gasteiger partial charge in [-0.15, -0.1) is 0 Å². The van der Waals surface area contributed by atoms with Crippen LogP contribution >= 0.6 is 11.6 Å². The van der Waals surface area contributed by atoms with Gasteiger partial charge in [-0.2, -0.15) is 0 Å². The lowest BCUT2D eigenvalue weighted by Crippen LogP contribution is -2.14. The first-order chi connectivity index (χ1) is 9.29. The van der Waals surface area contributed by atoms with Crippen LogP contribution in [0.3, 0.4) is 0 Å². The molecular weight excluding hydrogens is 264 g/mol. The van der Waals surface area contributed by atoms with E-state index in [-0.39, 0.29) is 0 Å². The molecule has 5 heteroatoms. The summed E-state index contributed by atoms with van der Waals surface area (Å²) in [5.74, 6) is 1.34. The maximum atomic E-state index is 6.22. The topological polar surface area (TPSA) is 44.2 Å². The lowest BCUT2D eigenvalue weighted by atomic mass is 10.1. The minimum Gasteiger partial charge on any atom is -0.496 e. The molecule has 0 atom stereocenters. The molecule has 1 aliphatic rings. The van der Waals surface area contributed by atoms with Gasteiger partial charge in [0, 0.05) is 12.0 Å². The molecule has 0 fully saturated rings. The van der Waals surface area contributed by atoms with Gasteiger partial charge >= 0.3 is 0 Å². The van der Waals surface area contributed by atoms with E-state index in [4.69, 9.17) is 21.1 Å². The Labute approximate surface area is 116 Å². The van der Waals surface area contributed by atoms with Crippen molar-refractivity contribution in [1.29, 1.82) is 0 Å². The molecule has 0 saturated heterocycles. The normalized spacial score (nSPS) is 14.0. The quantitative estimate of drug-likeness (QED) is 0.791. The van der Waals surface area contributed by atoms with Gasteiger partial charge in [0.25, 0.3) is 0 Å². The van der Waals surface area contributed by atoms with Gasteiger partial charge < -0.3 is 9.47 Å². The Morgan fingerprint density at radius 3 is 2.95 bits per heavy atom. The monoisotopic (exact) mass is 276 g/mol. The Balaban J connectivity index is 2.13. The zero-order valence-electron chi connectivity index (χ0n) is 10.5. The summed E-state index contributed by atoms with van der Waals surface area (Å²) in [6.45, 7) is 1.16. The van der Waals surface area contributed by atoms with E-state index in [0.29, 0.717) is 24.2 Å². The molecule has 0 radical (unpaired) electrons. The van der Waals surface area contributed by atoms with E-state index in [2.05, 4.69) is 9.97 Å². The third kappa shape index (κ3) is 2.29. The second-order valence-electron chi connectivity index (χ2n) is 4.27. The van der Waals surface area contributed by atoms with Crippen LogP contribution in [0.25, 0.3) is 11.4 Å². The van der Waals surface area contributed by atoms with Crippen LogP contribution in [0.2, 0.25) is 5.15 Å². The standard InChI is InChI=1S/C14H13ClN2O2/c1-18-12-5-3-2-4-9(12)14-16-11-6-7-19-8-10(11)13(15)17-14/h2-5H,6-8H2,1H3. The van der Waals surface area contributed by atoms with E-state index < -0.39 is 0 Å². The van der Waals surface area contributed by atoms with Crippen LogP contribution in [0.4, 0.5) is 0 Å². The van der Waals surface area contributed by atoms with Crippen LogP contribution < -0.4 is 4.74 Å². The van der Waals surface area contributed by atoms with Crippen molar-refractivity contribution < 1.29 is 9.47 Å². The third-order valence-electron chi connectivity index (χ3n) is 3.12. The van der Waals surface area contributed by atoms with E-state index in [0.717, 1.165) is 29.0 Å². The van der Waals surface area contributed by atoms with Crippen LogP contribution in [0.5, 0.6) is 5.75 Å². The SMILES string of the molecule is COc1ccccc1-c1nc(Cl)c2c(n1)CCOC2. The van der Waals surface area contributed by atoms with Crippen molar-refractivity contribution in [3.05, 3.63) is 40.7 Å². The number of para-hydroxylation sites is 1. The summed E-state index contributed by atoms with van der Waals surface area (Å²) in [7, 11) is 1.63. The van der Waals surface area contributed by atoms with Crippen molar-refractivity contribution >= 4 is 11.6 Å². The van der Waals surface area contributed by atoms with E-state index in [1.807, 2.05) is 24.3 Å². The molecule has 1 aliphatic heterocycles. The van der Waals surface area contributed by atoms with Crippen molar-refractivity contribution in [2.24, 2.45) is 0 Å². The highest BCUT2D eigenvalue weighted by Gasteiger charge is 2.18. The van der Waals surface area contributed by atoms with Crippen molar-refractivity contribution in [3.63, 3.8) is 0 Å². The molecule has 0 amide bonds. The molecule has 0 unspecified atom stereocenters. The number of fused-ring (bicyclic) bond motifs is 1. The molecule has 0 bridgehead atoms. The highest BCUT2D eigenvalue weighted by atomic mass is 35.5. The van der Waals surface area contributed by atoms with Gasteiger partial charge in [0.15, 0.2) is 5.82 Å². The first-order valence-corrected chi connectivity index (χ1v) is 6.44. The van der Waals surface area contributed by atoms with Gasteiger partial charge in [-0.25, -0.2) is 9.97 Å². The highest BCUT2D eigenvalue weighted by molar-refractivity contribution is 6.30. The van der Waals surface area contributed by atoms with Crippen LogP contribution in [0.15, 0.2) is 24.3 Å². The average molecular weight is 277 g/mol. The molecule has 2 heterocycles. The Kier molecular flexibility index (Phi) is 3.36. The number of methoxy groups -OCH3 is 1. The van der Waals surface area contributed by atoms with Gasteiger partial charge in [0.1, 0.15) is 10.9 Å². The molecule has 0 N–H and O–H groups in total. The van der Waals surface area contributed by atoms with E-state index in [9.17, 15) is 0 Å². The summed E-state index contributed by atoms with van der Waals surface area (Å²) < 4.78 is 10.7.